The van der Waals surface area contributed by atoms with Gasteiger partial charge in [0.05, 0.1) is 0 Å². The predicted octanol–water partition coefficient (Wildman–Crippen LogP) is 4.25. The fraction of sp³-hybridized carbons (Fsp3) is 0.375. The first-order valence-electron chi connectivity index (χ1n) is 6.32. The quantitative estimate of drug-likeness (QED) is 0.695. The summed E-state index contributed by atoms with van der Waals surface area (Å²) in [6.07, 6.45) is 4.40. The van der Waals surface area contributed by atoms with Crippen molar-refractivity contribution in [2.75, 3.05) is 13.6 Å². The molecule has 1 aromatic carbocycles. The standard InChI is InChI=1S/C14H17N.C2H6/c1-11-4-7-13(8-5-11)14-9-6-12(2)10-15(14)3;1-2/h4-9H,10H2,1-3H3;1-2H3. The molecule has 0 radical (unpaired) electrons. The van der Waals surface area contributed by atoms with Crippen LogP contribution in [-0.4, -0.2) is 18.5 Å². The van der Waals surface area contributed by atoms with Crippen molar-refractivity contribution in [2.24, 2.45) is 0 Å². The van der Waals surface area contributed by atoms with E-state index in [0.717, 1.165) is 6.54 Å². The molecule has 17 heavy (non-hydrogen) atoms. The maximum atomic E-state index is 2.29. The SMILES string of the molecule is CC.CC1=CC=C(c2ccc(C)cc2)N(C)C1. The smallest absolute Gasteiger partial charge is 0.0440 e. The van der Waals surface area contributed by atoms with Crippen LogP contribution in [0.5, 0.6) is 0 Å². The Morgan fingerprint density at radius 3 is 2.06 bits per heavy atom. The van der Waals surface area contributed by atoms with Crippen LogP contribution in [0.4, 0.5) is 0 Å². The molecule has 0 saturated carbocycles. The van der Waals surface area contributed by atoms with Gasteiger partial charge >= 0.3 is 0 Å². The van der Waals surface area contributed by atoms with Gasteiger partial charge in [-0.15, -0.1) is 0 Å². The third-order valence-electron chi connectivity index (χ3n) is 2.77. The molecule has 92 valence electrons. The molecule has 0 fully saturated rings. The summed E-state index contributed by atoms with van der Waals surface area (Å²) >= 11 is 0. The summed E-state index contributed by atoms with van der Waals surface area (Å²) in [5, 5.41) is 0. The van der Waals surface area contributed by atoms with Crippen molar-refractivity contribution in [1.82, 2.24) is 4.90 Å². The molecule has 1 aliphatic rings. The fourth-order valence-corrected chi connectivity index (χ4v) is 1.90. The summed E-state index contributed by atoms with van der Waals surface area (Å²) in [7, 11) is 2.14. The molecule has 1 aliphatic heterocycles. The van der Waals surface area contributed by atoms with Crippen LogP contribution < -0.4 is 0 Å². The van der Waals surface area contributed by atoms with E-state index in [0.29, 0.717) is 0 Å². The Kier molecular flexibility index (Phi) is 5.02. The average Bonchev–Trinajstić information content (AvgIpc) is 2.33. The number of allylic oxidation sites excluding steroid dienone is 2. The highest BCUT2D eigenvalue weighted by Crippen LogP contribution is 2.22. The minimum atomic E-state index is 1.03. The highest BCUT2D eigenvalue weighted by Gasteiger charge is 2.10. The molecule has 0 saturated heterocycles. The van der Waals surface area contributed by atoms with Crippen LogP contribution in [-0.2, 0) is 0 Å². The Balaban J connectivity index is 0.000000686. The molecule has 0 spiro atoms. The van der Waals surface area contributed by atoms with Gasteiger partial charge in [0.25, 0.3) is 0 Å². The first-order chi connectivity index (χ1) is 8.16. The summed E-state index contributed by atoms with van der Waals surface area (Å²) in [6.45, 7) is 9.31. The molecule has 0 unspecified atom stereocenters. The normalized spacial score (nSPS) is 14.5. The van der Waals surface area contributed by atoms with Gasteiger partial charge in [0, 0.05) is 19.3 Å². The lowest BCUT2D eigenvalue weighted by Gasteiger charge is -2.26. The minimum Gasteiger partial charge on any atom is -0.370 e. The van der Waals surface area contributed by atoms with Gasteiger partial charge in [-0.3, -0.25) is 0 Å². The highest BCUT2D eigenvalue weighted by atomic mass is 15.1. The number of benzene rings is 1. The van der Waals surface area contributed by atoms with E-state index >= 15 is 0 Å². The van der Waals surface area contributed by atoms with Crippen LogP contribution in [0.2, 0.25) is 0 Å². The van der Waals surface area contributed by atoms with Crippen molar-refractivity contribution in [1.29, 1.82) is 0 Å². The molecule has 0 aromatic heterocycles. The van der Waals surface area contributed by atoms with E-state index in [1.807, 2.05) is 13.8 Å². The Morgan fingerprint density at radius 2 is 1.53 bits per heavy atom. The second kappa shape index (κ2) is 6.29. The summed E-state index contributed by atoms with van der Waals surface area (Å²) < 4.78 is 0. The topological polar surface area (TPSA) is 3.24 Å². The molecule has 0 atom stereocenters. The molecule has 1 heterocycles. The van der Waals surface area contributed by atoms with Crippen LogP contribution >= 0.6 is 0 Å². The minimum absolute atomic E-state index is 1.03. The number of nitrogens with zero attached hydrogens (tertiary/aromatic N) is 1. The average molecular weight is 229 g/mol. The summed E-state index contributed by atoms with van der Waals surface area (Å²) in [5.41, 5.74) is 5.32. The van der Waals surface area contributed by atoms with E-state index in [-0.39, 0.29) is 0 Å². The van der Waals surface area contributed by atoms with Crippen molar-refractivity contribution in [3.05, 3.63) is 53.1 Å². The zero-order chi connectivity index (χ0) is 12.8. The Morgan fingerprint density at radius 1 is 0.941 bits per heavy atom. The maximum Gasteiger partial charge on any atom is 0.0440 e. The lowest BCUT2D eigenvalue weighted by molar-refractivity contribution is 0.516. The first kappa shape index (κ1) is 13.6. The van der Waals surface area contributed by atoms with Gasteiger partial charge in [-0.05, 0) is 25.5 Å². The maximum absolute atomic E-state index is 2.29. The molecule has 0 N–H and O–H groups in total. The summed E-state index contributed by atoms with van der Waals surface area (Å²) in [6, 6.07) is 8.70. The largest absolute Gasteiger partial charge is 0.370 e. The van der Waals surface area contributed by atoms with E-state index < -0.39 is 0 Å². The zero-order valence-corrected chi connectivity index (χ0v) is 11.6. The van der Waals surface area contributed by atoms with Gasteiger partial charge in [-0.1, -0.05) is 55.3 Å². The lowest BCUT2D eigenvalue weighted by Crippen LogP contribution is -2.21. The van der Waals surface area contributed by atoms with E-state index in [2.05, 4.69) is 62.2 Å². The Labute approximate surface area is 105 Å². The zero-order valence-electron chi connectivity index (χ0n) is 11.6. The molecule has 0 amide bonds. The molecule has 2 rings (SSSR count). The lowest BCUT2D eigenvalue weighted by atomic mass is 10.0. The van der Waals surface area contributed by atoms with E-state index in [4.69, 9.17) is 0 Å². The molecule has 1 heteroatoms. The van der Waals surface area contributed by atoms with Crippen LogP contribution in [0.3, 0.4) is 0 Å². The van der Waals surface area contributed by atoms with Gasteiger partial charge in [0.1, 0.15) is 0 Å². The van der Waals surface area contributed by atoms with Gasteiger partial charge in [-0.2, -0.15) is 0 Å². The molecule has 0 aliphatic carbocycles. The van der Waals surface area contributed by atoms with E-state index in [1.165, 1.54) is 22.4 Å². The molecule has 0 bridgehead atoms. The Bertz CT molecular complexity index is 410. The van der Waals surface area contributed by atoms with Crippen LogP contribution in [0.25, 0.3) is 5.70 Å². The molecular formula is C16H23N. The predicted molar refractivity (Wildman–Crippen MR) is 76.9 cm³/mol. The second-order valence-electron chi connectivity index (χ2n) is 4.29. The van der Waals surface area contributed by atoms with Crippen LogP contribution in [0, 0.1) is 6.92 Å². The number of aryl methyl sites for hydroxylation is 1. The molecule has 1 aromatic rings. The third-order valence-corrected chi connectivity index (χ3v) is 2.77. The van der Waals surface area contributed by atoms with Gasteiger partial charge in [-0.25, -0.2) is 0 Å². The van der Waals surface area contributed by atoms with E-state index in [9.17, 15) is 0 Å². The van der Waals surface area contributed by atoms with Crippen molar-refractivity contribution >= 4 is 5.70 Å². The van der Waals surface area contributed by atoms with Crippen molar-refractivity contribution in [3.8, 4) is 0 Å². The fourth-order valence-electron chi connectivity index (χ4n) is 1.90. The number of rotatable bonds is 1. The highest BCUT2D eigenvalue weighted by molar-refractivity contribution is 5.67. The van der Waals surface area contributed by atoms with E-state index in [1.54, 1.807) is 0 Å². The Hall–Kier alpha value is -1.50. The van der Waals surface area contributed by atoms with Crippen molar-refractivity contribution in [3.63, 3.8) is 0 Å². The van der Waals surface area contributed by atoms with Crippen molar-refractivity contribution < 1.29 is 0 Å². The van der Waals surface area contributed by atoms with Gasteiger partial charge in [0.2, 0.25) is 0 Å². The summed E-state index contributed by atoms with van der Waals surface area (Å²) in [4.78, 5) is 2.29. The third kappa shape index (κ3) is 3.48. The summed E-state index contributed by atoms with van der Waals surface area (Å²) in [5.74, 6) is 0. The van der Waals surface area contributed by atoms with Gasteiger partial charge < -0.3 is 4.90 Å². The number of hydrogen-bond donors (Lipinski definition) is 0. The molecular weight excluding hydrogens is 206 g/mol. The monoisotopic (exact) mass is 229 g/mol. The first-order valence-corrected chi connectivity index (χ1v) is 6.32. The molecule has 1 nitrogen and oxygen atoms in total. The van der Waals surface area contributed by atoms with Crippen molar-refractivity contribution in [2.45, 2.75) is 27.7 Å². The number of likely N-dealkylation sites (N-methyl/N-ethyl adjacent to an activating group) is 1. The van der Waals surface area contributed by atoms with Crippen LogP contribution in [0.15, 0.2) is 42.0 Å². The van der Waals surface area contributed by atoms with Crippen LogP contribution in [0.1, 0.15) is 31.9 Å². The second-order valence-corrected chi connectivity index (χ2v) is 4.29. The van der Waals surface area contributed by atoms with Gasteiger partial charge in [0.15, 0.2) is 0 Å². The number of hydrogen-bond acceptors (Lipinski definition) is 1.